The number of piperazine rings is 1. The van der Waals surface area contributed by atoms with Crippen LogP contribution < -0.4 is 14.5 Å². The molecule has 2 aliphatic rings. The van der Waals surface area contributed by atoms with Gasteiger partial charge in [-0.25, -0.2) is 4.98 Å². The van der Waals surface area contributed by atoms with Crippen LogP contribution in [0.3, 0.4) is 0 Å². The van der Waals surface area contributed by atoms with Gasteiger partial charge in [-0.3, -0.25) is 4.79 Å². The first-order chi connectivity index (χ1) is 13.7. The smallest absolute Gasteiger partial charge is 0.255 e. The summed E-state index contributed by atoms with van der Waals surface area (Å²) in [6, 6.07) is 12.1. The monoisotopic (exact) mass is 380 g/mol. The summed E-state index contributed by atoms with van der Waals surface area (Å²) in [6.07, 6.45) is 5.18. The molecule has 2 fully saturated rings. The Kier molecular flexibility index (Phi) is 5.65. The molecule has 6 nitrogen and oxygen atoms in total. The molecule has 0 spiro atoms. The van der Waals surface area contributed by atoms with E-state index < -0.39 is 0 Å². The van der Waals surface area contributed by atoms with Gasteiger partial charge in [-0.15, -0.1) is 0 Å². The molecule has 1 aromatic heterocycles. The van der Waals surface area contributed by atoms with Crippen molar-refractivity contribution < 1.29 is 9.53 Å². The second kappa shape index (κ2) is 8.50. The second-order valence-electron chi connectivity index (χ2n) is 7.43. The van der Waals surface area contributed by atoms with Gasteiger partial charge in [0.05, 0.1) is 12.7 Å². The molecule has 28 heavy (non-hydrogen) atoms. The molecule has 148 valence electrons. The molecule has 2 aromatic rings. The Morgan fingerprint density at radius 1 is 0.857 bits per heavy atom. The van der Waals surface area contributed by atoms with Gasteiger partial charge in [0.1, 0.15) is 11.6 Å². The van der Waals surface area contributed by atoms with Crippen molar-refractivity contribution in [3.63, 3.8) is 0 Å². The number of amides is 1. The molecular weight excluding hydrogens is 352 g/mol. The van der Waals surface area contributed by atoms with E-state index in [1.807, 2.05) is 29.2 Å². The zero-order valence-electron chi connectivity index (χ0n) is 16.5. The van der Waals surface area contributed by atoms with Gasteiger partial charge in [-0.05, 0) is 55.7 Å². The van der Waals surface area contributed by atoms with E-state index in [-0.39, 0.29) is 5.91 Å². The van der Waals surface area contributed by atoms with Gasteiger partial charge in [-0.1, -0.05) is 0 Å². The first-order valence-electron chi connectivity index (χ1n) is 10.1. The number of hydrogen-bond acceptors (Lipinski definition) is 5. The van der Waals surface area contributed by atoms with Crippen LogP contribution in [0, 0.1) is 0 Å². The Morgan fingerprint density at radius 3 is 2.14 bits per heavy atom. The largest absolute Gasteiger partial charge is 0.497 e. The molecule has 4 rings (SSSR count). The average Bonchev–Trinajstić information content (AvgIpc) is 2.79. The summed E-state index contributed by atoms with van der Waals surface area (Å²) < 4.78 is 5.23. The van der Waals surface area contributed by atoms with E-state index in [1.165, 1.54) is 12.1 Å². The number of rotatable bonds is 4. The third kappa shape index (κ3) is 4.06. The predicted octanol–water partition coefficient (Wildman–Crippen LogP) is 3.04. The quantitative estimate of drug-likeness (QED) is 0.816. The normalized spacial score (nSPS) is 17.5. The van der Waals surface area contributed by atoms with Crippen LogP contribution in [-0.4, -0.2) is 62.2 Å². The topological polar surface area (TPSA) is 48.9 Å². The number of aromatic nitrogens is 1. The minimum Gasteiger partial charge on any atom is -0.497 e. The summed E-state index contributed by atoms with van der Waals surface area (Å²) in [7, 11) is 1.69. The van der Waals surface area contributed by atoms with Crippen molar-refractivity contribution in [2.75, 3.05) is 56.2 Å². The highest BCUT2D eigenvalue weighted by Crippen LogP contribution is 2.22. The molecule has 0 N–H and O–H groups in total. The van der Waals surface area contributed by atoms with Crippen molar-refractivity contribution in [1.82, 2.24) is 9.88 Å². The van der Waals surface area contributed by atoms with Crippen LogP contribution in [0.1, 0.15) is 29.6 Å². The molecule has 0 saturated carbocycles. The summed E-state index contributed by atoms with van der Waals surface area (Å²) in [6.45, 7) is 5.46. The third-order valence-corrected chi connectivity index (χ3v) is 5.68. The molecule has 1 amide bonds. The number of benzene rings is 1. The number of carbonyl (C=O) groups excluding carboxylic acids is 1. The lowest BCUT2D eigenvalue weighted by Gasteiger charge is -2.36. The Hall–Kier alpha value is -2.76. The van der Waals surface area contributed by atoms with E-state index >= 15 is 0 Å². The summed E-state index contributed by atoms with van der Waals surface area (Å²) in [4.78, 5) is 23.8. The molecule has 1 aromatic carbocycles. The lowest BCUT2D eigenvalue weighted by Crippen LogP contribution is -2.46. The van der Waals surface area contributed by atoms with Crippen molar-refractivity contribution in [3.05, 3.63) is 48.2 Å². The molecule has 2 saturated heterocycles. The Labute approximate surface area is 166 Å². The van der Waals surface area contributed by atoms with Crippen molar-refractivity contribution in [2.24, 2.45) is 0 Å². The van der Waals surface area contributed by atoms with Gasteiger partial charge >= 0.3 is 0 Å². The highest BCUT2D eigenvalue weighted by atomic mass is 16.5. The van der Waals surface area contributed by atoms with E-state index in [0.29, 0.717) is 5.56 Å². The van der Waals surface area contributed by atoms with Gasteiger partial charge in [-0.2, -0.15) is 0 Å². The van der Waals surface area contributed by atoms with Crippen LogP contribution in [-0.2, 0) is 0 Å². The third-order valence-electron chi connectivity index (χ3n) is 5.68. The highest BCUT2D eigenvalue weighted by Gasteiger charge is 2.21. The van der Waals surface area contributed by atoms with Crippen LogP contribution in [0.25, 0.3) is 0 Å². The summed E-state index contributed by atoms with van der Waals surface area (Å²) >= 11 is 0. The molecule has 0 aliphatic carbocycles. The molecule has 6 heteroatoms. The number of carbonyl (C=O) groups is 1. The second-order valence-corrected chi connectivity index (χ2v) is 7.43. The zero-order valence-corrected chi connectivity index (χ0v) is 16.5. The number of hydrogen-bond donors (Lipinski definition) is 0. The number of methoxy groups -OCH3 is 1. The van der Waals surface area contributed by atoms with E-state index in [2.05, 4.69) is 26.9 Å². The number of nitrogens with zero attached hydrogens (tertiary/aromatic N) is 4. The number of pyridine rings is 1. The van der Waals surface area contributed by atoms with Crippen LogP contribution in [0.2, 0.25) is 0 Å². The Bertz CT molecular complexity index is 777. The average molecular weight is 380 g/mol. The van der Waals surface area contributed by atoms with Crippen molar-refractivity contribution in [1.29, 1.82) is 0 Å². The molecule has 0 atom stereocenters. The van der Waals surface area contributed by atoms with E-state index in [9.17, 15) is 4.79 Å². The molecule has 3 heterocycles. The van der Waals surface area contributed by atoms with Crippen LogP contribution in [0.5, 0.6) is 5.75 Å². The van der Waals surface area contributed by atoms with Crippen LogP contribution in [0.15, 0.2) is 42.6 Å². The van der Waals surface area contributed by atoms with Crippen molar-refractivity contribution in [2.45, 2.75) is 19.3 Å². The maximum atomic E-state index is 12.6. The Balaban J connectivity index is 1.34. The summed E-state index contributed by atoms with van der Waals surface area (Å²) in [5.41, 5.74) is 1.92. The number of anilines is 2. The fourth-order valence-electron chi connectivity index (χ4n) is 3.97. The predicted molar refractivity (Wildman–Crippen MR) is 111 cm³/mol. The first-order valence-corrected chi connectivity index (χ1v) is 10.1. The maximum absolute atomic E-state index is 12.6. The highest BCUT2D eigenvalue weighted by molar-refractivity contribution is 5.94. The van der Waals surface area contributed by atoms with Gasteiger partial charge in [0.15, 0.2) is 0 Å². The van der Waals surface area contributed by atoms with Crippen LogP contribution >= 0.6 is 0 Å². The number of likely N-dealkylation sites (tertiary alicyclic amines) is 1. The van der Waals surface area contributed by atoms with Crippen molar-refractivity contribution in [3.8, 4) is 5.75 Å². The number of piperidine rings is 1. The minimum atomic E-state index is 0.114. The van der Waals surface area contributed by atoms with E-state index in [4.69, 9.17) is 4.74 Å². The molecule has 0 unspecified atom stereocenters. The van der Waals surface area contributed by atoms with Gasteiger partial charge < -0.3 is 19.4 Å². The lowest BCUT2D eigenvalue weighted by molar-refractivity contribution is 0.0724. The molecular formula is C22H28N4O2. The van der Waals surface area contributed by atoms with Crippen molar-refractivity contribution >= 4 is 17.4 Å². The molecule has 2 aliphatic heterocycles. The molecule has 0 bridgehead atoms. The summed E-state index contributed by atoms with van der Waals surface area (Å²) in [5, 5.41) is 0. The summed E-state index contributed by atoms with van der Waals surface area (Å²) in [5.74, 6) is 1.94. The fraction of sp³-hybridized carbons (Fsp3) is 0.455. The minimum absolute atomic E-state index is 0.114. The standard InChI is InChI=1S/C22H28N4O2/c1-28-20-8-6-19(7-9-20)24-13-15-25(16-14-24)21-10-5-18(17-23-21)22(27)26-11-3-2-4-12-26/h5-10,17H,2-4,11-16H2,1H3. The fourth-order valence-corrected chi connectivity index (χ4v) is 3.97. The lowest BCUT2D eigenvalue weighted by atomic mass is 10.1. The van der Waals surface area contributed by atoms with Crippen LogP contribution in [0.4, 0.5) is 11.5 Å². The molecule has 0 radical (unpaired) electrons. The van der Waals surface area contributed by atoms with Gasteiger partial charge in [0, 0.05) is 51.2 Å². The first kappa shape index (κ1) is 18.6. The zero-order chi connectivity index (χ0) is 19.3. The Morgan fingerprint density at radius 2 is 1.54 bits per heavy atom. The SMILES string of the molecule is COc1ccc(N2CCN(c3ccc(C(=O)N4CCCCC4)cn3)CC2)cc1. The number of ether oxygens (including phenoxy) is 1. The van der Waals surface area contributed by atoms with Gasteiger partial charge in [0.2, 0.25) is 0 Å². The van der Waals surface area contributed by atoms with Gasteiger partial charge in [0.25, 0.3) is 5.91 Å². The maximum Gasteiger partial charge on any atom is 0.255 e. The van der Waals surface area contributed by atoms with E-state index in [1.54, 1.807) is 13.3 Å². The van der Waals surface area contributed by atoms with E-state index in [0.717, 1.165) is 63.7 Å².